The van der Waals surface area contributed by atoms with E-state index < -0.39 is 0 Å². The van der Waals surface area contributed by atoms with E-state index in [4.69, 9.17) is 27.9 Å². The van der Waals surface area contributed by atoms with Crippen molar-refractivity contribution in [3.8, 4) is 11.6 Å². The molecule has 0 aliphatic carbocycles. The Labute approximate surface area is 127 Å². The summed E-state index contributed by atoms with van der Waals surface area (Å²) in [5.41, 5.74) is 0.744. The highest BCUT2D eigenvalue weighted by Gasteiger charge is 2.04. The molecule has 0 aliphatic heterocycles. The van der Waals surface area contributed by atoms with Crippen LogP contribution in [0.15, 0.2) is 41.5 Å². The Morgan fingerprint density at radius 1 is 1.20 bits per heavy atom. The molecule has 0 atom stereocenters. The van der Waals surface area contributed by atoms with E-state index in [0.717, 1.165) is 5.69 Å². The number of ether oxygens (including phenoxy) is 1. The van der Waals surface area contributed by atoms with E-state index in [2.05, 4.69) is 9.98 Å². The molecule has 0 unspecified atom stereocenters. The highest BCUT2D eigenvalue weighted by molar-refractivity contribution is 6.35. The lowest BCUT2D eigenvalue weighted by Crippen LogP contribution is -2.06. The minimum Gasteiger partial charge on any atom is -0.437 e. The fraction of sp³-hybridized carbons (Fsp3) is 0.143. The first-order valence-corrected chi connectivity index (χ1v) is 6.60. The number of benzene rings is 1. The first-order valence-electron chi connectivity index (χ1n) is 5.84. The van der Waals surface area contributed by atoms with Crippen molar-refractivity contribution in [2.45, 2.75) is 0 Å². The van der Waals surface area contributed by atoms with Crippen molar-refractivity contribution in [1.29, 1.82) is 0 Å². The van der Waals surface area contributed by atoms with Crippen LogP contribution in [0.4, 0.5) is 5.69 Å². The molecule has 104 valence electrons. The fourth-order valence-corrected chi connectivity index (χ4v) is 1.81. The van der Waals surface area contributed by atoms with Gasteiger partial charge in [-0.05, 0) is 24.3 Å². The van der Waals surface area contributed by atoms with Crippen LogP contribution in [0.25, 0.3) is 0 Å². The Morgan fingerprint density at radius 2 is 2.00 bits per heavy atom. The molecule has 0 aliphatic rings. The summed E-state index contributed by atoms with van der Waals surface area (Å²) in [5, 5.41) is 0.998. The molecule has 4 nitrogen and oxygen atoms in total. The molecular formula is C14H13Cl2N3O. The van der Waals surface area contributed by atoms with Crippen LogP contribution in [0.2, 0.25) is 10.0 Å². The molecule has 0 amide bonds. The lowest BCUT2D eigenvalue weighted by atomic mass is 10.3. The highest BCUT2D eigenvalue weighted by atomic mass is 35.5. The molecule has 0 fully saturated rings. The van der Waals surface area contributed by atoms with Gasteiger partial charge in [-0.15, -0.1) is 0 Å². The van der Waals surface area contributed by atoms with Crippen molar-refractivity contribution in [1.82, 2.24) is 9.88 Å². The van der Waals surface area contributed by atoms with Gasteiger partial charge >= 0.3 is 0 Å². The quantitative estimate of drug-likeness (QED) is 0.620. The number of nitrogens with zero attached hydrogens (tertiary/aromatic N) is 3. The molecule has 0 N–H and O–H groups in total. The molecule has 0 spiro atoms. The van der Waals surface area contributed by atoms with Crippen molar-refractivity contribution in [2.24, 2.45) is 4.99 Å². The lowest BCUT2D eigenvalue weighted by molar-refractivity contribution is 0.463. The molecule has 1 aromatic heterocycles. The number of hydrogen-bond donors (Lipinski definition) is 0. The van der Waals surface area contributed by atoms with E-state index in [1.54, 1.807) is 36.8 Å². The number of rotatable bonds is 4. The second-order valence-electron chi connectivity index (χ2n) is 4.24. The van der Waals surface area contributed by atoms with Gasteiger partial charge in [0.1, 0.15) is 5.75 Å². The van der Waals surface area contributed by atoms with Gasteiger partial charge in [0.25, 0.3) is 0 Å². The molecule has 0 radical (unpaired) electrons. The molecule has 0 saturated carbocycles. The summed E-state index contributed by atoms with van der Waals surface area (Å²) in [4.78, 5) is 10.2. The largest absolute Gasteiger partial charge is 0.437 e. The zero-order valence-electron chi connectivity index (χ0n) is 11.0. The molecule has 0 bridgehead atoms. The third-order valence-electron chi connectivity index (χ3n) is 2.27. The standard InChI is InChI=1S/C14H13Cl2N3O/c1-19(2)9-18-11-4-6-14(17-8-11)20-13-5-3-10(15)7-12(13)16/h3-9H,1-2H3. The Hall–Kier alpha value is -1.78. The minimum absolute atomic E-state index is 0.439. The second kappa shape index (κ2) is 6.59. The van der Waals surface area contributed by atoms with Crippen LogP contribution in [-0.4, -0.2) is 30.3 Å². The zero-order valence-corrected chi connectivity index (χ0v) is 12.6. The zero-order chi connectivity index (χ0) is 14.5. The Bertz CT molecular complexity index is 612. The summed E-state index contributed by atoms with van der Waals surface area (Å²) in [7, 11) is 3.80. The van der Waals surface area contributed by atoms with Crippen molar-refractivity contribution < 1.29 is 4.74 Å². The van der Waals surface area contributed by atoms with Gasteiger partial charge in [-0.3, -0.25) is 0 Å². The maximum Gasteiger partial charge on any atom is 0.219 e. The average molecular weight is 310 g/mol. The van der Waals surface area contributed by atoms with E-state index >= 15 is 0 Å². The number of halogens is 2. The van der Waals surface area contributed by atoms with Gasteiger partial charge in [0.2, 0.25) is 5.88 Å². The normalized spacial score (nSPS) is 10.8. The van der Waals surface area contributed by atoms with Crippen LogP contribution in [-0.2, 0) is 0 Å². The van der Waals surface area contributed by atoms with Crippen molar-refractivity contribution >= 4 is 35.2 Å². The molecule has 2 aromatic rings. The van der Waals surface area contributed by atoms with Gasteiger partial charge in [0.15, 0.2) is 0 Å². The summed E-state index contributed by atoms with van der Waals surface area (Å²) >= 11 is 11.9. The van der Waals surface area contributed by atoms with Gasteiger partial charge in [0.05, 0.1) is 23.2 Å². The van der Waals surface area contributed by atoms with Gasteiger partial charge < -0.3 is 9.64 Å². The molecule has 1 heterocycles. The predicted octanol–water partition coefficient (Wildman–Crippen LogP) is 4.40. The third-order valence-corrected chi connectivity index (χ3v) is 2.80. The number of aliphatic imine (C=N–C) groups is 1. The SMILES string of the molecule is CN(C)C=Nc1ccc(Oc2ccc(Cl)cc2Cl)nc1. The predicted molar refractivity (Wildman–Crippen MR) is 82.6 cm³/mol. The van der Waals surface area contributed by atoms with Crippen LogP contribution in [0, 0.1) is 0 Å². The van der Waals surface area contributed by atoms with Crippen LogP contribution < -0.4 is 4.74 Å². The topological polar surface area (TPSA) is 37.7 Å². The smallest absolute Gasteiger partial charge is 0.219 e. The second-order valence-corrected chi connectivity index (χ2v) is 5.08. The maximum atomic E-state index is 6.03. The van der Waals surface area contributed by atoms with E-state index in [1.165, 1.54) is 0 Å². The van der Waals surface area contributed by atoms with E-state index in [-0.39, 0.29) is 0 Å². The van der Waals surface area contributed by atoms with Crippen LogP contribution in [0.5, 0.6) is 11.6 Å². The average Bonchev–Trinajstić information content (AvgIpc) is 2.41. The number of hydrogen-bond acceptors (Lipinski definition) is 3. The number of pyridine rings is 1. The highest BCUT2D eigenvalue weighted by Crippen LogP contribution is 2.31. The van der Waals surface area contributed by atoms with Crippen molar-refractivity contribution in [3.05, 3.63) is 46.6 Å². The molecule has 0 saturated heterocycles. The summed E-state index contributed by atoms with van der Waals surface area (Å²) < 4.78 is 5.58. The lowest BCUT2D eigenvalue weighted by Gasteiger charge is -2.07. The Morgan fingerprint density at radius 3 is 2.60 bits per heavy atom. The van der Waals surface area contributed by atoms with Crippen molar-refractivity contribution in [3.63, 3.8) is 0 Å². The van der Waals surface area contributed by atoms with Crippen molar-refractivity contribution in [2.75, 3.05) is 14.1 Å². The summed E-state index contributed by atoms with van der Waals surface area (Å²) in [6.45, 7) is 0. The van der Waals surface area contributed by atoms with E-state index in [1.807, 2.05) is 25.1 Å². The minimum atomic E-state index is 0.439. The van der Waals surface area contributed by atoms with Crippen LogP contribution in [0.1, 0.15) is 0 Å². The summed E-state index contributed by atoms with van der Waals surface area (Å²) in [6.07, 6.45) is 3.33. The van der Waals surface area contributed by atoms with Gasteiger partial charge in [-0.2, -0.15) is 0 Å². The van der Waals surface area contributed by atoms with Gasteiger partial charge in [0, 0.05) is 25.2 Å². The Kier molecular flexibility index (Phi) is 4.82. The summed E-state index contributed by atoms with van der Waals surface area (Å²) in [6, 6.07) is 8.57. The fourth-order valence-electron chi connectivity index (χ4n) is 1.36. The first-order chi connectivity index (χ1) is 9.54. The molecule has 1 aromatic carbocycles. The van der Waals surface area contributed by atoms with E-state index in [9.17, 15) is 0 Å². The molecular weight excluding hydrogens is 297 g/mol. The van der Waals surface area contributed by atoms with Crippen LogP contribution >= 0.6 is 23.2 Å². The Balaban J connectivity index is 2.10. The molecule has 20 heavy (non-hydrogen) atoms. The summed E-state index contributed by atoms with van der Waals surface area (Å²) in [5.74, 6) is 0.950. The maximum absolute atomic E-state index is 6.03. The third kappa shape index (κ3) is 4.11. The molecule has 6 heteroatoms. The van der Waals surface area contributed by atoms with E-state index in [0.29, 0.717) is 21.7 Å². The van der Waals surface area contributed by atoms with Gasteiger partial charge in [-0.1, -0.05) is 23.2 Å². The number of aromatic nitrogens is 1. The van der Waals surface area contributed by atoms with Gasteiger partial charge in [-0.25, -0.2) is 9.98 Å². The monoisotopic (exact) mass is 309 g/mol. The first kappa shape index (κ1) is 14.6. The van der Waals surface area contributed by atoms with Crippen LogP contribution in [0.3, 0.4) is 0 Å². The molecule has 2 rings (SSSR count).